The fourth-order valence-electron chi connectivity index (χ4n) is 2.16. The van der Waals surface area contributed by atoms with Gasteiger partial charge in [0.1, 0.15) is 0 Å². The fraction of sp³-hybridized carbons (Fsp3) is 0.909. The van der Waals surface area contributed by atoms with Crippen molar-refractivity contribution in [1.82, 2.24) is 9.80 Å². The minimum atomic E-state index is -0.510. The van der Waals surface area contributed by atoms with Crippen molar-refractivity contribution in [2.24, 2.45) is 11.5 Å². The molecule has 1 aliphatic heterocycles. The van der Waals surface area contributed by atoms with Crippen molar-refractivity contribution in [2.45, 2.75) is 31.3 Å². The number of carbonyl (C=O) groups excluding carboxylic acids is 1. The Kier molecular flexibility index (Phi) is 5.18. The molecule has 5 heteroatoms. The van der Waals surface area contributed by atoms with E-state index in [-0.39, 0.29) is 0 Å². The van der Waals surface area contributed by atoms with Crippen LogP contribution in [0.5, 0.6) is 0 Å². The summed E-state index contributed by atoms with van der Waals surface area (Å²) >= 11 is 0. The number of hydrogen-bond acceptors (Lipinski definition) is 4. The fourth-order valence-corrected chi connectivity index (χ4v) is 2.16. The molecule has 0 spiro atoms. The molecule has 1 heterocycles. The Morgan fingerprint density at radius 1 is 1.62 bits per heavy atom. The Morgan fingerprint density at radius 3 is 2.81 bits per heavy atom. The van der Waals surface area contributed by atoms with Gasteiger partial charge >= 0.3 is 0 Å². The van der Waals surface area contributed by atoms with Gasteiger partial charge in [0.2, 0.25) is 5.91 Å². The summed E-state index contributed by atoms with van der Waals surface area (Å²) in [6.45, 7) is 3.07. The highest BCUT2D eigenvalue weighted by atomic mass is 16.1. The van der Waals surface area contributed by atoms with Crippen molar-refractivity contribution in [2.75, 3.05) is 33.7 Å². The summed E-state index contributed by atoms with van der Waals surface area (Å²) < 4.78 is 0. The van der Waals surface area contributed by atoms with Gasteiger partial charge in [-0.3, -0.25) is 4.79 Å². The Bertz CT molecular complexity index is 234. The largest absolute Gasteiger partial charge is 0.368 e. The highest BCUT2D eigenvalue weighted by Crippen LogP contribution is 2.15. The summed E-state index contributed by atoms with van der Waals surface area (Å²) in [6.07, 6.45) is 3.20. The van der Waals surface area contributed by atoms with E-state index < -0.39 is 11.9 Å². The average molecular weight is 228 g/mol. The van der Waals surface area contributed by atoms with Crippen LogP contribution in [0.15, 0.2) is 0 Å². The molecule has 2 unspecified atom stereocenters. The number of carbonyl (C=O) groups is 1. The first kappa shape index (κ1) is 13.4. The van der Waals surface area contributed by atoms with Gasteiger partial charge in [0, 0.05) is 12.6 Å². The molecule has 16 heavy (non-hydrogen) atoms. The van der Waals surface area contributed by atoms with E-state index in [9.17, 15) is 4.79 Å². The molecule has 0 radical (unpaired) electrons. The molecule has 1 amide bonds. The molecule has 1 aliphatic rings. The molecule has 1 fully saturated rings. The van der Waals surface area contributed by atoms with Gasteiger partial charge in [-0.1, -0.05) is 0 Å². The lowest BCUT2D eigenvalue weighted by Gasteiger charge is -2.26. The predicted octanol–water partition coefficient (Wildman–Crippen LogP) is -0.785. The van der Waals surface area contributed by atoms with Crippen LogP contribution in [0.2, 0.25) is 0 Å². The van der Waals surface area contributed by atoms with E-state index in [0.717, 1.165) is 13.1 Å². The molecular weight excluding hydrogens is 204 g/mol. The quantitative estimate of drug-likeness (QED) is 0.625. The van der Waals surface area contributed by atoms with Crippen LogP contribution in [0.4, 0.5) is 0 Å². The van der Waals surface area contributed by atoms with Crippen LogP contribution in [-0.2, 0) is 4.79 Å². The first-order valence-electron chi connectivity index (χ1n) is 5.94. The van der Waals surface area contributed by atoms with Gasteiger partial charge in [-0.05, 0) is 46.4 Å². The number of rotatable bonds is 6. The van der Waals surface area contributed by atoms with Crippen molar-refractivity contribution in [3.63, 3.8) is 0 Å². The van der Waals surface area contributed by atoms with Gasteiger partial charge in [-0.15, -0.1) is 0 Å². The van der Waals surface area contributed by atoms with E-state index in [4.69, 9.17) is 11.5 Å². The summed E-state index contributed by atoms with van der Waals surface area (Å²) in [4.78, 5) is 15.4. The zero-order valence-electron chi connectivity index (χ0n) is 10.4. The van der Waals surface area contributed by atoms with E-state index in [1.165, 1.54) is 19.4 Å². The van der Waals surface area contributed by atoms with Crippen LogP contribution in [0.1, 0.15) is 19.3 Å². The highest BCUT2D eigenvalue weighted by Gasteiger charge is 2.22. The molecule has 5 nitrogen and oxygen atoms in total. The molecule has 1 saturated heterocycles. The maximum absolute atomic E-state index is 10.8. The Morgan fingerprint density at radius 2 is 2.31 bits per heavy atom. The first-order valence-corrected chi connectivity index (χ1v) is 5.94. The normalized spacial score (nSPS) is 23.9. The molecule has 2 atom stereocenters. The second-order valence-corrected chi connectivity index (χ2v) is 4.84. The van der Waals surface area contributed by atoms with Crippen LogP contribution in [0.3, 0.4) is 0 Å². The average Bonchev–Trinajstić information content (AvgIpc) is 2.60. The Labute approximate surface area is 97.7 Å². The van der Waals surface area contributed by atoms with Gasteiger partial charge in [-0.25, -0.2) is 0 Å². The summed E-state index contributed by atoms with van der Waals surface area (Å²) in [7, 11) is 4.24. The van der Waals surface area contributed by atoms with Crippen LogP contribution in [-0.4, -0.2) is 61.5 Å². The summed E-state index contributed by atoms with van der Waals surface area (Å²) in [5.74, 6) is -0.411. The van der Waals surface area contributed by atoms with Crippen molar-refractivity contribution in [3.8, 4) is 0 Å². The number of nitrogens with two attached hydrogens (primary N) is 2. The van der Waals surface area contributed by atoms with Crippen LogP contribution in [0.25, 0.3) is 0 Å². The SMILES string of the molecule is CN(CCC(N)C(N)=O)CC1CCCN1C. The van der Waals surface area contributed by atoms with Crippen molar-refractivity contribution < 1.29 is 4.79 Å². The molecule has 0 aliphatic carbocycles. The second kappa shape index (κ2) is 6.18. The van der Waals surface area contributed by atoms with Crippen LogP contribution in [0, 0.1) is 0 Å². The van der Waals surface area contributed by atoms with Crippen molar-refractivity contribution in [3.05, 3.63) is 0 Å². The third-order valence-electron chi connectivity index (χ3n) is 3.38. The number of amides is 1. The smallest absolute Gasteiger partial charge is 0.234 e. The molecule has 4 N–H and O–H groups in total. The molecule has 94 valence electrons. The molecule has 0 aromatic heterocycles. The van der Waals surface area contributed by atoms with E-state index in [2.05, 4.69) is 23.9 Å². The van der Waals surface area contributed by atoms with Gasteiger partial charge in [-0.2, -0.15) is 0 Å². The van der Waals surface area contributed by atoms with Crippen LogP contribution >= 0.6 is 0 Å². The van der Waals surface area contributed by atoms with Gasteiger partial charge in [0.25, 0.3) is 0 Å². The highest BCUT2D eigenvalue weighted by molar-refractivity contribution is 5.79. The van der Waals surface area contributed by atoms with E-state index in [1.807, 2.05) is 0 Å². The maximum atomic E-state index is 10.8. The third-order valence-corrected chi connectivity index (χ3v) is 3.38. The van der Waals surface area contributed by atoms with Gasteiger partial charge in [0.15, 0.2) is 0 Å². The second-order valence-electron chi connectivity index (χ2n) is 4.84. The van der Waals surface area contributed by atoms with E-state index in [0.29, 0.717) is 12.5 Å². The molecular formula is C11H24N4O. The van der Waals surface area contributed by atoms with E-state index >= 15 is 0 Å². The lowest BCUT2D eigenvalue weighted by atomic mass is 10.2. The summed E-state index contributed by atoms with van der Waals surface area (Å²) in [5, 5.41) is 0. The zero-order valence-corrected chi connectivity index (χ0v) is 10.4. The number of hydrogen-bond donors (Lipinski definition) is 2. The van der Waals surface area contributed by atoms with Crippen molar-refractivity contribution >= 4 is 5.91 Å². The monoisotopic (exact) mass is 228 g/mol. The van der Waals surface area contributed by atoms with Gasteiger partial charge < -0.3 is 21.3 Å². The number of primary amides is 1. The molecule has 0 aromatic rings. The zero-order chi connectivity index (χ0) is 12.1. The Balaban J connectivity index is 2.20. The lowest BCUT2D eigenvalue weighted by molar-refractivity contribution is -0.119. The lowest BCUT2D eigenvalue weighted by Crippen LogP contribution is -2.41. The van der Waals surface area contributed by atoms with Gasteiger partial charge in [0.05, 0.1) is 6.04 Å². The summed E-state index contributed by atoms with van der Waals surface area (Å²) in [5.41, 5.74) is 10.7. The maximum Gasteiger partial charge on any atom is 0.234 e. The van der Waals surface area contributed by atoms with Crippen LogP contribution < -0.4 is 11.5 Å². The number of likely N-dealkylation sites (N-methyl/N-ethyl adjacent to an activating group) is 2. The minimum absolute atomic E-state index is 0.411. The minimum Gasteiger partial charge on any atom is -0.368 e. The summed E-state index contributed by atoms with van der Waals surface area (Å²) in [6, 6.07) is 0.138. The Hall–Kier alpha value is -0.650. The number of likely N-dealkylation sites (tertiary alicyclic amines) is 1. The third kappa shape index (κ3) is 4.08. The molecule has 0 saturated carbocycles. The first-order chi connectivity index (χ1) is 7.50. The van der Waals surface area contributed by atoms with E-state index in [1.54, 1.807) is 0 Å². The predicted molar refractivity (Wildman–Crippen MR) is 64.9 cm³/mol. The number of nitrogens with zero attached hydrogens (tertiary/aromatic N) is 2. The van der Waals surface area contributed by atoms with Crippen molar-refractivity contribution in [1.29, 1.82) is 0 Å². The molecule has 0 aromatic carbocycles. The standard InChI is InChI=1S/C11H24N4O/c1-14(7-5-10(12)11(13)16)8-9-4-3-6-15(9)2/h9-10H,3-8,12H2,1-2H3,(H2,13,16). The topological polar surface area (TPSA) is 75.6 Å². The molecule has 1 rings (SSSR count). The molecule has 0 bridgehead atoms.